The number of aliphatic imine (C=N–C) groups is 1. The largest absolute Gasteiger partial charge is 0.364 e. The van der Waals surface area contributed by atoms with E-state index in [0.717, 1.165) is 17.9 Å². The molecular weight excluding hydrogens is 186 g/mol. The van der Waals surface area contributed by atoms with Crippen LogP contribution in [0.3, 0.4) is 0 Å². The van der Waals surface area contributed by atoms with Crippen LogP contribution in [0.25, 0.3) is 0 Å². The highest BCUT2D eigenvalue weighted by Crippen LogP contribution is 2.05. The van der Waals surface area contributed by atoms with Gasteiger partial charge in [0.15, 0.2) is 0 Å². The van der Waals surface area contributed by atoms with Crippen molar-refractivity contribution in [3.05, 3.63) is 30.1 Å². The van der Waals surface area contributed by atoms with Gasteiger partial charge in [0, 0.05) is 23.8 Å². The number of alkyl halides is 1. The van der Waals surface area contributed by atoms with E-state index in [1.807, 2.05) is 12.1 Å². The van der Waals surface area contributed by atoms with Crippen molar-refractivity contribution in [2.24, 2.45) is 4.99 Å². The molecule has 1 atom stereocenters. The van der Waals surface area contributed by atoms with Crippen molar-refractivity contribution in [2.45, 2.75) is 6.04 Å². The first kappa shape index (κ1) is 8.51. The Morgan fingerprint density at radius 2 is 2.23 bits per heavy atom. The normalized spacial score (nSPS) is 21.0. The molecule has 0 amide bonds. The predicted octanol–water partition coefficient (Wildman–Crippen LogP) is 1.04. The lowest BCUT2D eigenvalue weighted by molar-refractivity contribution is 0.732. The molecule has 2 heterocycles. The second kappa shape index (κ2) is 3.75. The van der Waals surface area contributed by atoms with Gasteiger partial charge in [-0.15, -0.1) is 11.6 Å². The molecule has 0 aromatic carbocycles. The molecule has 0 aliphatic carbocycles. The van der Waals surface area contributed by atoms with E-state index in [0.29, 0.717) is 5.88 Å². The summed E-state index contributed by atoms with van der Waals surface area (Å²) in [6.07, 6.45) is 3.51. The third-order valence-corrected chi connectivity index (χ3v) is 2.32. The Kier molecular flexibility index (Phi) is 2.45. The lowest BCUT2D eigenvalue weighted by atomic mass is 10.2. The fraction of sp³-hybridized carbons (Fsp3) is 0.333. The van der Waals surface area contributed by atoms with Crippen LogP contribution in [0, 0.1) is 0 Å². The maximum Gasteiger partial charge on any atom is 0.128 e. The van der Waals surface area contributed by atoms with Gasteiger partial charge in [0.25, 0.3) is 0 Å². The molecule has 0 radical (unpaired) electrons. The van der Waals surface area contributed by atoms with E-state index in [2.05, 4.69) is 15.3 Å². The van der Waals surface area contributed by atoms with E-state index in [1.165, 1.54) is 0 Å². The highest BCUT2D eigenvalue weighted by molar-refractivity contribution is 6.18. The number of pyridine rings is 1. The second-order valence-electron chi connectivity index (χ2n) is 2.92. The molecule has 1 aliphatic rings. The van der Waals surface area contributed by atoms with Crippen LogP contribution >= 0.6 is 11.6 Å². The van der Waals surface area contributed by atoms with Crippen LogP contribution in [-0.2, 0) is 0 Å². The van der Waals surface area contributed by atoms with Gasteiger partial charge in [0.1, 0.15) is 5.84 Å². The number of amidine groups is 1. The number of hydrogen-bond acceptors (Lipinski definition) is 3. The van der Waals surface area contributed by atoms with Crippen LogP contribution in [0.1, 0.15) is 5.56 Å². The van der Waals surface area contributed by atoms with Crippen LogP contribution in [0.4, 0.5) is 0 Å². The maximum absolute atomic E-state index is 5.71. The molecule has 1 aromatic rings. The van der Waals surface area contributed by atoms with Crippen molar-refractivity contribution in [3.63, 3.8) is 0 Å². The van der Waals surface area contributed by atoms with E-state index in [-0.39, 0.29) is 6.04 Å². The number of nitrogens with zero attached hydrogens (tertiary/aromatic N) is 2. The first-order chi connectivity index (χ1) is 6.40. The zero-order valence-electron chi connectivity index (χ0n) is 7.07. The predicted molar refractivity (Wildman–Crippen MR) is 53.3 cm³/mol. The lowest BCUT2D eigenvalue weighted by Crippen LogP contribution is -2.31. The average molecular weight is 196 g/mol. The topological polar surface area (TPSA) is 37.3 Å². The van der Waals surface area contributed by atoms with Crippen LogP contribution in [0.5, 0.6) is 0 Å². The molecule has 3 nitrogen and oxygen atoms in total. The molecule has 0 saturated heterocycles. The number of aromatic nitrogens is 1. The zero-order valence-corrected chi connectivity index (χ0v) is 7.83. The maximum atomic E-state index is 5.71. The fourth-order valence-corrected chi connectivity index (χ4v) is 1.43. The summed E-state index contributed by atoms with van der Waals surface area (Å²) in [6, 6.07) is 4.15. The smallest absolute Gasteiger partial charge is 0.128 e. The van der Waals surface area contributed by atoms with Gasteiger partial charge in [0.2, 0.25) is 0 Å². The van der Waals surface area contributed by atoms with Crippen molar-refractivity contribution >= 4 is 17.4 Å². The van der Waals surface area contributed by atoms with Gasteiger partial charge in [-0.1, -0.05) is 0 Å². The Morgan fingerprint density at radius 1 is 1.46 bits per heavy atom. The zero-order chi connectivity index (χ0) is 9.10. The summed E-state index contributed by atoms with van der Waals surface area (Å²) in [6.45, 7) is 0.765. The second-order valence-corrected chi connectivity index (χ2v) is 3.23. The van der Waals surface area contributed by atoms with Crippen molar-refractivity contribution in [3.8, 4) is 0 Å². The molecule has 0 bridgehead atoms. The van der Waals surface area contributed by atoms with Gasteiger partial charge >= 0.3 is 0 Å². The summed E-state index contributed by atoms with van der Waals surface area (Å²) < 4.78 is 0. The van der Waals surface area contributed by atoms with Crippen molar-refractivity contribution in [1.29, 1.82) is 0 Å². The minimum absolute atomic E-state index is 0.282. The quantitative estimate of drug-likeness (QED) is 0.716. The number of nitrogens with one attached hydrogen (secondary N) is 1. The third kappa shape index (κ3) is 1.80. The molecule has 1 N–H and O–H groups in total. The first-order valence-corrected chi connectivity index (χ1v) is 4.71. The fourth-order valence-electron chi connectivity index (χ4n) is 1.26. The van der Waals surface area contributed by atoms with Gasteiger partial charge in [-0.25, -0.2) is 0 Å². The van der Waals surface area contributed by atoms with Crippen molar-refractivity contribution in [1.82, 2.24) is 10.3 Å². The highest BCUT2D eigenvalue weighted by Gasteiger charge is 2.16. The van der Waals surface area contributed by atoms with Gasteiger partial charge < -0.3 is 5.32 Å². The summed E-state index contributed by atoms with van der Waals surface area (Å²) in [7, 11) is 0. The minimum Gasteiger partial charge on any atom is -0.364 e. The molecular formula is C9H10ClN3. The molecule has 2 rings (SSSR count). The SMILES string of the molecule is ClCC1CN=C(c2ccncc2)N1. The standard InChI is InChI=1S/C9H10ClN3/c10-5-8-6-12-9(13-8)7-1-3-11-4-2-7/h1-4,8H,5-6H2,(H,12,13). The lowest BCUT2D eigenvalue weighted by Gasteiger charge is -2.07. The molecule has 0 fully saturated rings. The third-order valence-electron chi connectivity index (χ3n) is 1.95. The summed E-state index contributed by atoms with van der Waals surface area (Å²) in [5.74, 6) is 1.52. The van der Waals surface area contributed by atoms with Crippen LogP contribution < -0.4 is 5.32 Å². The van der Waals surface area contributed by atoms with Crippen LogP contribution in [-0.4, -0.2) is 29.3 Å². The summed E-state index contributed by atoms with van der Waals surface area (Å²) in [4.78, 5) is 8.30. The highest BCUT2D eigenvalue weighted by atomic mass is 35.5. The van der Waals surface area contributed by atoms with Gasteiger partial charge in [-0.3, -0.25) is 9.98 Å². The molecule has 1 aliphatic heterocycles. The first-order valence-electron chi connectivity index (χ1n) is 4.17. The monoisotopic (exact) mass is 195 g/mol. The van der Waals surface area contributed by atoms with E-state index in [1.54, 1.807) is 12.4 Å². The van der Waals surface area contributed by atoms with Gasteiger partial charge in [-0.2, -0.15) is 0 Å². The number of rotatable bonds is 2. The summed E-state index contributed by atoms with van der Waals surface area (Å²) in [5.41, 5.74) is 1.07. The van der Waals surface area contributed by atoms with Gasteiger partial charge in [-0.05, 0) is 12.1 Å². The van der Waals surface area contributed by atoms with E-state index >= 15 is 0 Å². The molecule has 0 saturated carbocycles. The Balaban J connectivity index is 2.12. The van der Waals surface area contributed by atoms with E-state index in [4.69, 9.17) is 11.6 Å². The van der Waals surface area contributed by atoms with Gasteiger partial charge in [0.05, 0.1) is 12.6 Å². The Bertz CT molecular complexity index is 310. The van der Waals surface area contributed by atoms with E-state index < -0.39 is 0 Å². The molecule has 1 unspecified atom stereocenters. The minimum atomic E-state index is 0.282. The summed E-state index contributed by atoms with van der Waals surface area (Å²) in [5, 5.41) is 3.25. The van der Waals surface area contributed by atoms with Crippen LogP contribution in [0.15, 0.2) is 29.5 Å². The molecule has 4 heteroatoms. The van der Waals surface area contributed by atoms with E-state index in [9.17, 15) is 0 Å². The van der Waals surface area contributed by atoms with Crippen LogP contribution in [0.2, 0.25) is 0 Å². The molecule has 13 heavy (non-hydrogen) atoms. The average Bonchev–Trinajstić information content (AvgIpc) is 2.67. The Labute approximate surface area is 81.9 Å². The molecule has 68 valence electrons. The molecule has 0 spiro atoms. The Hall–Kier alpha value is -1.09. The number of hydrogen-bond donors (Lipinski definition) is 1. The number of halogens is 1. The van der Waals surface area contributed by atoms with Crippen molar-refractivity contribution < 1.29 is 0 Å². The van der Waals surface area contributed by atoms with Crippen molar-refractivity contribution in [2.75, 3.05) is 12.4 Å². The molecule has 1 aromatic heterocycles. The summed E-state index contributed by atoms with van der Waals surface area (Å²) >= 11 is 5.71. The Morgan fingerprint density at radius 3 is 2.85 bits per heavy atom.